The lowest BCUT2D eigenvalue weighted by Crippen LogP contribution is -2.41. The number of carbonyl (C=O) groups is 1. The van der Waals surface area contributed by atoms with E-state index in [1.165, 1.54) is 0 Å². The fourth-order valence-electron chi connectivity index (χ4n) is 1.52. The first-order valence-corrected chi connectivity index (χ1v) is 5.02. The number of ether oxygens (including phenoxy) is 1. The van der Waals surface area contributed by atoms with Crippen LogP contribution in [0.15, 0.2) is 0 Å². The Morgan fingerprint density at radius 1 is 1.71 bits per heavy atom. The van der Waals surface area contributed by atoms with Gasteiger partial charge in [0, 0.05) is 20.2 Å². The number of rotatable bonds is 5. The third-order valence-electron chi connectivity index (χ3n) is 2.42. The quantitative estimate of drug-likeness (QED) is 0.490. The van der Waals surface area contributed by atoms with E-state index in [1.54, 1.807) is 7.11 Å². The minimum atomic E-state index is -0.0993. The fourth-order valence-corrected chi connectivity index (χ4v) is 1.52. The molecular weight excluding hydrogens is 182 g/mol. The van der Waals surface area contributed by atoms with Crippen LogP contribution in [0, 0.1) is 0 Å². The van der Waals surface area contributed by atoms with Gasteiger partial charge in [-0.25, -0.2) is 0 Å². The average molecular weight is 201 g/mol. The molecular formula is C9H19N3O2. The molecule has 0 aliphatic carbocycles. The van der Waals surface area contributed by atoms with E-state index in [0.717, 1.165) is 19.4 Å². The van der Waals surface area contributed by atoms with E-state index in [9.17, 15) is 4.79 Å². The van der Waals surface area contributed by atoms with Crippen molar-refractivity contribution < 1.29 is 9.53 Å². The topological polar surface area (TPSA) is 76.4 Å². The largest absolute Gasteiger partial charge is 0.380 e. The molecule has 0 aromatic rings. The Hall–Kier alpha value is -0.650. The second-order valence-corrected chi connectivity index (χ2v) is 3.49. The molecule has 5 nitrogen and oxygen atoms in total. The molecule has 82 valence electrons. The lowest BCUT2D eigenvalue weighted by atomic mass is 10.2. The molecule has 0 aromatic heterocycles. The van der Waals surface area contributed by atoms with Gasteiger partial charge >= 0.3 is 0 Å². The number of amides is 1. The van der Waals surface area contributed by atoms with Crippen LogP contribution in [-0.2, 0) is 9.53 Å². The molecule has 1 fully saturated rings. The van der Waals surface area contributed by atoms with Crippen molar-refractivity contribution in [3.63, 3.8) is 0 Å². The summed E-state index contributed by atoms with van der Waals surface area (Å²) in [6.07, 6.45) is 1.75. The predicted octanol–water partition coefficient (Wildman–Crippen LogP) is -1.17. The van der Waals surface area contributed by atoms with Gasteiger partial charge < -0.3 is 21.1 Å². The van der Waals surface area contributed by atoms with E-state index in [-0.39, 0.29) is 18.1 Å². The summed E-state index contributed by atoms with van der Waals surface area (Å²) in [5.74, 6) is 0.0537. The first-order chi connectivity index (χ1) is 6.77. The van der Waals surface area contributed by atoms with E-state index >= 15 is 0 Å². The van der Waals surface area contributed by atoms with Crippen molar-refractivity contribution in [2.45, 2.75) is 25.0 Å². The molecule has 2 unspecified atom stereocenters. The minimum absolute atomic E-state index is 0.0537. The Kier molecular flexibility index (Phi) is 4.86. The predicted molar refractivity (Wildman–Crippen MR) is 53.9 cm³/mol. The molecule has 1 saturated heterocycles. The van der Waals surface area contributed by atoms with Crippen molar-refractivity contribution in [1.29, 1.82) is 0 Å². The molecule has 0 bridgehead atoms. The van der Waals surface area contributed by atoms with Crippen molar-refractivity contribution in [3.05, 3.63) is 0 Å². The molecule has 0 spiro atoms. The molecule has 0 radical (unpaired) electrons. The second kappa shape index (κ2) is 5.95. The first-order valence-electron chi connectivity index (χ1n) is 5.02. The van der Waals surface area contributed by atoms with Crippen LogP contribution in [0.1, 0.15) is 12.8 Å². The zero-order valence-corrected chi connectivity index (χ0v) is 8.58. The maximum atomic E-state index is 11.5. The van der Waals surface area contributed by atoms with Gasteiger partial charge in [0.15, 0.2) is 0 Å². The normalized spacial score (nSPS) is 26.4. The number of hydrogen-bond acceptors (Lipinski definition) is 4. The molecule has 0 aromatic carbocycles. The van der Waals surface area contributed by atoms with Crippen molar-refractivity contribution in [2.75, 3.05) is 26.7 Å². The number of methoxy groups -OCH3 is 1. The maximum Gasteiger partial charge on any atom is 0.237 e. The molecule has 1 amide bonds. The van der Waals surface area contributed by atoms with E-state index in [1.807, 2.05) is 0 Å². The summed E-state index contributed by atoms with van der Waals surface area (Å²) < 4.78 is 5.15. The van der Waals surface area contributed by atoms with Gasteiger partial charge in [0.1, 0.15) is 0 Å². The summed E-state index contributed by atoms with van der Waals surface area (Å²) in [6.45, 7) is 2.02. The zero-order valence-electron chi connectivity index (χ0n) is 8.58. The van der Waals surface area contributed by atoms with Gasteiger partial charge in [0.25, 0.3) is 0 Å². The van der Waals surface area contributed by atoms with Crippen LogP contribution >= 0.6 is 0 Å². The van der Waals surface area contributed by atoms with Crippen LogP contribution in [0.5, 0.6) is 0 Å². The highest BCUT2D eigenvalue weighted by Crippen LogP contribution is 2.09. The minimum Gasteiger partial charge on any atom is -0.380 e. The maximum absolute atomic E-state index is 11.5. The molecule has 14 heavy (non-hydrogen) atoms. The van der Waals surface area contributed by atoms with Crippen LogP contribution in [-0.4, -0.2) is 44.8 Å². The third-order valence-corrected chi connectivity index (χ3v) is 2.42. The monoisotopic (exact) mass is 201 g/mol. The van der Waals surface area contributed by atoms with Gasteiger partial charge in [-0.3, -0.25) is 4.79 Å². The summed E-state index contributed by atoms with van der Waals surface area (Å²) >= 11 is 0. The van der Waals surface area contributed by atoms with Crippen LogP contribution in [0.4, 0.5) is 0 Å². The molecule has 5 heteroatoms. The molecule has 2 atom stereocenters. The van der Waals surface area contributed by atoms with Gasteiger partial charge in [0.05, 0.1) is 12.1 Å². The Labute approximate surface area is 84.4 Å². The van der Waals surface area contributed by atoms with Crippen LogP contribution in [0.2, 0.25) is 0 Å². The number of nitrogens with two attached hydrogens (primary N) is 1. The highest BCUT2D eigenvalue weighted by Gasteiger charge is 2.28. The Balaban J connectivity index is 2.18. The smallest absolute Gasteiger partial charge is 0.237 e. The van der Waals surface area contributed by atoms with E-state index in [2.05, 4.69) is 10.6 Å². The third kappa shape index (κ3) is 3.25. The molecule has 1 aliphatic heterocycles. The van der Waals surface area contributed by atoms with Gasteiger partial charge in [-0.15, -0.1) is 0 Å². The van der Waals surface area contributed by atoms with Crippen molar-refractivity contribution in [1.82, 2.24) is 10.6 Å². The van der Waals surface area contributed by atoms with Crippen molar-refractivity contribution >= 4 is 5.91 Å². The van der Waals surface area contributed by atoms with Crippen LogP contribution in [0.3, 0.4) is 0 Å². The average Bonchev–Trinajstić information content (AvgIpc) is 2.66. The second-order valence-electron chi connectivity index (χ2n) is 3.49. The lowest BCUT2D eigenvalue weighted by molar-refractivity contribution is -0.122. The number of nitrogens with one attached hydrogen (secondary N) is 2. The number of hydrogen-bond donors (Lipinski definition) is 3. The summed E-state index contributed by atoms with van der Waals surface area (Å²) in [5, 5.41) is 5.95. The van der Waals surface area contributed by atoms with Gasteiger partial charge in [-0.2, -0.15) is 0 Å². The van der Waals surface area contributed by atoms with E-state index in [0.29, 0.717) is 13.1 Å². The molecule has 1 aliphatic rings. The Bertz CT molecular complexity index is 187. The standard InChI is InChI=1S/C9H19N3O2/c1-14-7-5-8(12-6-7)9(13)11-4-2-3-10/h7-8,12H,2-6,10H2,1H3,(H,11,13). The summed E-state index contributed by atoms with van der Waals surface area (Å²) in [4.78, 5) is 11.5. The van der Waals surface area contributed by atoms with Crippen LogP contribution in [0.25, 0.3) is 0 Å². The first kappa shape index (κ1) is 11.4. The van der Waals surface area contributed by atoms with Crippen molar-refractivity contribution in [3.8, 4) is 0 Å². The van der Waals surface area contributed by atoms with Crippen LogP contribution < -0.4 is 16.4 Å². The van der Waals surface area contributed by atoms with Crippen molar-refractivity contribution in [2.24, 2.45) is 5.73 Å². The summed E-state index contributed by atoms with van der Waals surface area (Å²) in [5.41, 5.74) is 5.32. The summed E-state index contributed by atoms with van der Waals surface area (Å²) in [7, 11) is 1.67. The molecule has 4 N–H and O–H groups in total. The van der Waals surface area contributed by atoms with E-state index in [4.69, 9.17) is 10.5 Å². The van der Waals surface area contributed by atoms with Gasteiger partial charge in [-0.05, 0) is 19.4 Å². The molecule has 1 heterocycles. The Morgan fingerprint density at radius 2 is 2.50 bits per heavy atom. The number of carbonyl (C=O) groups excluding carboxylic acids is 1. The van der Waals surface area contributed by atoms with Gasteiger partial charge in [0.2, 0.25) is 5.91 Å². The highest BCUT2D eigenvalue weighted by molar-refractivity contribution is 5.82. The van der Waals surface area contributed by atoms with Gasteiger partial charge in [-0.1, -0.05) is 0 Å². The summed E-state index contributed by atoms with van der Waals surface area (Å²) in [6, 6.07) is -0.0993. The SMILES string of the molecule is COC1CNC(C(=O)NCCCN)C1. The highest BCUT2D eigenvalue weighted by atomic mass is 16.5. The van der Waals surface area contributed by atoms with E-state index < -0.39 is 0 Å². The molecule has 0 saturated carbocycles. The zero-order chi connectivity index (χ0) is 10.4. The molecule has 1 rings (SSSR count). The Morgan fingerprint density at radius 3 is 3.07 bits per heavy atom. The fraction of sp³-hybridized carbons (Fsp3) is 0.889. The lowest BCUT2D eigenvalue weighted by Gasteiger charge is -2.10.